The fraction of sp³-hybridized carbons (Fsp3) is 0.0714. The Morgan fingerprint density at radius 1 is 1.18 bits per heavy atom. The number of ether oxygens (including phenoxy) is 1. The number of hydrogen-bond acceptors (Lipinski definition) is 2. The van der Waals surface area contributed by atoms with Crippen LogP contribution < -0.4 is 4.74 Å². The van der Waals surface area contributed by atoms with Gasteiger partial charge in [-0.3, -0.25) is 0 Å². The molecular formula is C14H10ClNO. The predicted octanol–water partition coefficient (Wildman–Crippen LogP) is 3.89. The molecule has 0 heterocycles. The summed E-state index contributed by atoms with van der Waals surface area (Å²) >= 11 is 5.87. The number of nitriles is 1. The molecule has 0 amide bonds. The molecule has 0 N–H and O–H groups in total. The monoisotopic (exact) mass is 243 g/mol. The standard InChI is InChI=1S/C14H10ClNO/c1-17-13-4-2-3-10(8-13)14-6-5-12(15)7-11(14)9-16/h2-8H,1H3. The van der Waals surface area contributed by atoms with Crippen molar-refractivity contribution in [3.8, 4) is 22.9 Å². The lowest BCUT2D eigenvalue weighted by Crippen LogP contribution is -1.87. The van der Waals surface area contributed by atoms with Gasteiger partial charge < -0.3 is 4.74 Å². The van der Waals surface area contributed by atoms with Crippen molar-refractivity contribution in [3.05, 3.63) is 53.1 Å². The van der Waals surface area contributed by atoms with Crippen molar-refractivity contribution in [2.45, 2.75) is 0 Å². The van der Waals surface area contributed by atoms with E-state index in [1.54, 1.807) is 19.2 Å². The highest BCUT2D eigenvalue weighted by Gasteiger charge is 2.06. The molecule has 0 saturated carbocycles. The summed E-state index contributed by atoms with van der Waals surface area (Å²) in [6.07, 6.45) is 0. The molecule has 0 aliphatic heterocycles. The fourth-order valence-corrected chi connectivity index (χ4v) is 1.82. The average molecular weight is 244 g/mol. The van der Waals surface area contributed by atoms with Crippen molar-refractivity contribution in [1.29, 1.82) is 5.26 Å². The van der Waals surface area contributed by atoms with E-state index in [4.69, 9.17) is 21.6 Å². The number of hydrogen-bond donors (Lipinski definition) is 0. The van der Waals surface area contributed by atoms with Gasteiger partial charge >= 0.3 is 0 Å². The van der Waals surface area contributed by atoms with Gasteiger partial charge in [-0.1, -0.05) is 29.8 Å². The SMILES string of the molecule is COc1cccc(-c2ccc(Cl)cc2C#N)c1. The Bertz CT molecular complexity index is 587. The first kappa shape index (κ1) is 11.5. The minimum atomic E-state index is 0.561. The van der Waals surface area contributed by atoms with Crippen LogP contribution in [0.2, 0.25) is 5.02 Å². The third-order valence-corrected chi connectivity index (χ3v) is 2.72. The lowest BCUT2D eigenvalue weighted by Gasteiger charge is -2.06. The first-order valence-electron chi connectivity index (χ1n) is 5.08. The second-order valence-electron chi connectivity index (χ2n) is 3.53. The lowest BCUT2D eigenvalue weighted by atomic mass is 10.0. The molecule has 3 heteroatoms. The maximum absolute atomic E-state index is 9.09. The molecule has 17 heavy (non-hydrogen) atoms. The van der Waals surface area contributed by atoms with Crippen molar-refractivity contribution in [2.24, 2.45) is 0 Å². The van der Waals surface area contributed by atoms with Gasteiger partial charge in [0.2, 0.25) is 0 Å². The molecule has 2 aromatic carbocycles. The Hall–Kier alpha value is -1.98. The van der Waals surface area contributed by atoms with Crippen molar-refractivity contribution in [1.82, 2.24) is 0 Å². The molecular weight excluding hydrogens is 234 g/mol. The van der Waals surface area contributed by atoms with E-state index in [1.807, 2.05) is 30.3 Å². The molecule has 0 bridgehead atoms. The van der Waals surface area contributed by atoms with Crippen LogP contribution in [0, 0.1) is 11.3 Å². The molecule has 0 aliphatic carbocycles. The first-order valence-corrected chi connectivity index (χ1v) is 5.46. The summed E-state index contributed by atoms with van der Waals surface area (Å²) in [5.74, 6) is 0.765. The number of rotatable bonds is 2. The Morgan fingerprint density at radius 3 is 2.71 bits per heavy atom. The highest BCUT2D eigenvalue weighted by Crippen LogP contribution is 2.28. The predicted molar refractivity (Wildman–Crippen MR) is 68.2 cm³/mol. The fourth-order valence-electron chi connectivity index (χ4n) is 1.65. The summed E-state index contributed by atoms with van der Waals surface area (Å²) < 4.78 is 5.16. The van der Waals surface area contributed by atoms with Crippen LogP contribution in [0.1, 0.15) is 5.56 Å². The normalized spacial score (nSPS) is 9.71. The summed E-state index contributed by atoms with van der Waals surface area (Å²) in [6.45, 7) is 0. The zero-order valence-electron chi connectivity index (χ0n) is 9.27. The van der Waals surface area contributed by atoms with E-state index in [9.17, 15) is 0 Å². The third-order valence-electron chi connectivity index (χ3n) is 2.48. The van der Waals surface area contributed by atoms with E-state index < -0.39 is 0 Å². The van der Waals surface area contributed by atoms with Crippen molar-refractivity contribution in [2.75, 3.05) is 7.11 Å². The highest BCUT2D eigenvalue weighted by atomic mass is 35.5. The Kier molecular flexibility index (Phi) is 3.32. The molecule has 0 aromatic heterocycles. The Balaban J connectivity index is 2.56. The van der Waals surface area contributed by atoms with E-state index in [2.05, 4.69) is 6.07 Å². The molecule has 2 rings (SSSR count). The van der Waals surface area contributed by atoms with Crippen LogP contribution in [-0.2, 0) is 0 Å². The summed E-state index contributed by atoms with van der Waals surface area (Å²) in [5.41, 5.74) is 2.36. The van der Waals surface area contributed by atoms with Crippen molar-refractivity contribution >= 4 is 11.6 Å². The smallest absolute Gasteiger partial charge is 0.119 e. The minimum absolute atomic E-state index is 0.561. The molecule has 2 aromatic rings. The molecule has 0 radical (unpaired) electrons. The first-order chi connectivity index (χ1) is 8.24. The molecule has 0 aliphatic rings. The Labute approximate surface area is 105 Å². The molecule has 0 spiro atoms. The van der Waals surface area contributed by atoms with E-state index in [1.165, 1.54) is 0 Å². The van der Waals surface area contributed by atoms with Gasteiger partial charge in [-0.15, -0.1) is 0 Å². The third kappa shape index (κ3) is 2.41. The van der Waals surface area contributed by atoms with Crippen LogP contribution in [0.25, 0.3) is 11.1 Å². The zero-order valence-corrected chi connectivity index (χ0v) is 10.0. The van der Waals surface area contributed by atoms with Crippen LogP contribution in [0.3, 0.4) is 0 Å². The largest absolute Gasteiger partial charge is 0.497 e. The molecule has 0 unspecified atom stereocenters. The van der Waals surface area contributed by atoms with Gasteiger partial charge in [-0.25, -0.2) is 0 Å². The molecule has 0 fully saturated rings. The summed E-state index contributed by atoms with van der Waals surface area (Å²) in [6, 6.07) is 15.0. The minimum Gasteiger partial charge on any atom is -0.497 e. The van der Waals surface area contributed by atoms with Crippen LogP contribution in [-0.4, -0.2) is 7.11 Å². The van der Waals surface area contributed by atoms with Gasteiger partial charge in [-0.05, 0) is 35.4 Å². The van der Waals surface area contributed by atoms with E-state index in [0.29, 0.717) is 10.6 Å². The van der Waals surface area contributed by atoms with E-state index in [-0.39, 0.29) is 0 Å². The summed E-state index contributed by atoms with van der Waals surface area (Å²) in [7, 11) is 1.62. The van der Waals surface area contributed by atoms with E-state index >= 15 is 0 Å². The summed E-state index contributed by atoms with van der Waals surface area (Å²) in [4.78, 5) is 0. The second-order valence-corrected chi connectivity index (χ2v) is 3.97. The van der Waals surface area contributed by atoms with Gasteiger partial charge in [0.05, 0.1) is 18.7 Å². The van der Waals surface area contributed by atoms with Gasteiger partial charge in [0.25, 0.3) is 0 Å². The number of halogens is 1. The van der Waals surface area contributed by atoms with Gasteiger partial charge in [0, 0.05) is 5.02 Å². The molecule has 84 valence electrons. The average Bonchev–Trinajstić information content (AvgIpc) is 2.38. The number of methoxy groups -OCH3 is 1. The van der Waals surface area contributed by atoms with E-state index in [0.717, 1.165) is 16.9 Å². The van der Waals surface area contributed by atoms with Gasteiger partial charge in [0.1, 0.15) is 5.75 Å². The highest BCUT2D eigenvalue weighted by molar-refractivity contribution is 6.30. The van der Waals surface area contributed by atoms with Crippen LogP contribution in [0.15, 0.2) is 42.5 Å². The zero-order chi connectivity index (χ0) is 12.3. The number of benzene rings is 2. The summed E-state index contributed by atoms with van der Waals surface area (Å²) in [5, 5.41) is 9.65. The maximum atomic E-state index is 9.09. The maximum Gasteiger partial charge on any atom is 0.119 e. The van der Waals surface area contributed by atoms with Gasteiger partial charge in [-0.2, -0.15) is 5.26 Å². The second kappa shape index (κ2) is 4.90. The van der Waals surface area contributed by atoms with Gasteiger partial charge in [0.15, 0.2) is 0 Å². The number of nitrogens with zero attached hydrogens (tertiary/aromatic N) is 1. The lowest BCUT2D eigenvalue weighted by molar-refractivity contribution is 0.415. The molecule has 2 nitrogen and oxygen atoms in total. The topological polar surface area (TPSA) is 33.0 Å². The van der Waals surface area contributed by atoms with Crippen LogP contribution in [0.5, 0.6) is 5.75 Å². The van der Waals surface area contributed by atoms with Crippen molar-refractivity contribution in [3.63, 3.8) is 0 Å². The molecule has 0 atom stereocenters. The Morgan fingerprint density at radius 2 is 2.00 bits per heavy atom. The van der Waals surface area contributed by atoms with Crippen LogP contribution in [0.4, 0.5) is 0 Å². The van der Waals surface area contributed by atoms with Crippen molar-refractivity contribution < 1.29 is 4.74 Å². The van der Waals surface area contributed by atoms with Crippen LogP contribution >= 0.6 is 11.6 Å². The quantitative estimate of drug-likeness (QED) is 0.802. The molecule has 0 saturated heterocycles.